The number of hydrogen-bond donors (Lipinski definition) is 3. The normalized spacial score (nSPS) is 11.1. The Morgan fingerprint density at radius 3 is 2.48 bits per heavy atom. The molecule has 6 nitrogen and oxygen atoms in total. The minimum Gasteiger partial charge on any atom is -0.497 e. The quantitative estimate of drug-likeness (QED) is 0.451. The van der Waals surface area contributed by atoms with Crippen LogP contribution >= 0.6 is 35.2 Å². The third kappa shape index (κ3) is 5.52. The van der Waals surface area contributed by atoms with Crippen molar-refractivity contribution in [3.63, 3.8) is 0 Å². The first-order valence-corrected chi connectivity index (χ1v) is 11.0. The molecule has 0 bridgehead atoms. The monoisotopic (exact) mass is 475 g/mol. The molecule has 0 spiro atoms. The lowest BCUT2D eigenvalue weighted by atomic mass is 10.1. The Morgan fingerprint density at radius 2 is 1.81 bits per heavy atom. The number of hydrogen-bond acceptors (Lipinski definition) is 5. The molecule has 0 saturated heterocycles. The molecule has 3 rings (SSSR count). The molecule has 3 N–H and O–H groups in total. The van der Waals surface area contributed by atoms with Gasteiger partial charge in [0.15, 0.2) is 5.11 Å². The van der Waals surface area contributed by atoms with Crippen LogP contribution in [0.4, 0.5) is 5.69 Å². The van der Waals surface area contributed by atoms with Crippen LogP contribution in [-0.2, 0) is 0 Å². The van der Waals surface area contributed by atoms with Gasteiger partial charge in [-0.25, -0.2) is 0 Å². The van der Waals surface area contributed by atoms with Gasteiger partial charge in [0.05, 0.1) is 22.5 Å². The van der Waals surface area contributed by atoms with Gasteiger partial charge in [-0.2, -0.15) is 0 Å². The van der Waals surface area contributed by atoms with Crippen molar-refractivity contribution in [3.8, 4) is 5.75 Å². The summed E-state index contributed by atoms with van der Waals surface area (Å²) >= 11 is 13.1. The van der Waals surface area contributed by atoms with E-state index in [1.807, 2.05) is 32.9 Å². The Balaban J connectivity index is 1.81. The largest absolute Gasteiger partial charge is 0.497 e. The Kier molecular flexibility index (Phi) is 6.83. The zero-order valence-corrected chi connectivity index (χ0v) is 19.8. The van der Waals surface area contributed by atoms with E-state index in [0.29, 0.717) is 26.9 Å². The molecule has 3 aromatic rings. The number of anilines is 1. The van der Waals surface area contributed by atoms with Crippen molar-refractivity contribution < 1.29 is 14.3 Å². The molecule has 0 unspecified atom stereocenters. The highest BCUT2D eigenvalue weighted by atomic mass is 35.5. The van der Waals surface area contributed by atoms with Gasteiger partial charge in [-0.1, -0.05) is 29.8 Å². The van der Waals surface area contributed by atoms with Crippen molar-refractivity contribution in [2.45, 2.75) is 26.3 Å². The molecule has 0 aliphatic rings. The molecular formula is C22H22ClN3O3S2. The highest BCUT2D eigenvalue weighted by molar-refractivity contribution is 7.80. The first-order chi connectivity index (χ1) is 14.6. The van der Waals surface area contributed by atoms with Crippen molar-refractivity contribution in [3.05, 3.63) is 57.9 Å². The number of halogens is 1. The average molecular weight is 476 g/mol. The third-order valence-corrected chi connectivity index (χ3v) is 6.10. The number of thiophene rings is 1. The summed E-state index contributed by atoms with van der Waals surface area (Å²) in [6, 6.07) is 12.2. The van der Waals surface area contributed by atoms with E-state index in [4.69, 9.17) is 28.6 Å². The molecule has 1 aromatic heterocycles. The van der Waals surface area contributed by atoms with E-state index in [2.05, 4.69) is 16.0 Å². The highest BCUT2D eigenvalue weighted by Crippen LogP contribution is 2.39. The maximum absolute atomic E-state index is 12.6. The van der Waals surface area contributed by atoms with E-state index in [9.17, 15) is 9.59 Å². The van der Waals surface area contributed by atoms with Crippen molar-refractivity contribution in [1.82, 2.24) is 10.6 Å². The average Bonchev–Trinajstić information content (AvgIpc) is 3.04. The smallest absolute Gasteiger partial charge is 0.263 e. The first-order valence-electron chi connectivity index (χ1n) is 9.39. The molecule has 31 heavy (non-hydrogen) atoms. The molecule has 1 heterocycles. The number of rotatable bonds is 4. The van der Waals surface area contributed by atoms with Gasteiger partial charge < -0.3 is 15.4 Å². The Morgan fingerprint density at radius 1 is 1.10 bits per heavy atom. The zero-order chi connectivity index (χ0) is 22.8. The lowest BCUT2D eigenvalue weighted by molar-refractivity contribution is 0.0922. The van der Waals surface area contributed by atoms with E-state index in [1.165, 1.54) is 18.4 Å². The van der Waals surface area contributed by atoms with E-state index in [1.54, 1.807) is 30.3 Å². The number of thiocarbonyl (C=S) groups is 1. The lowest BCUT2D eigenvalue weighted by Gasteiger charge is -2.19. The van der Waals surface area contributed by atoms with Gasteiger partial charge in [0.1, 0.15) is 10.6 Å². The summed E-state index contributed by atoms with van der Waals surface area (Å²) in [6.45, 7) is 5.72. The van der Waals surface area contributed by atoms with Crippen molar-refractivity contribution in [1.29, 1.82) is 0 Å². The summed E-state index contributed by atoms with van der Waals surface area (Å²) in [5.74, 6) is -0.0258. The summed E-state index contributed by atoms with van der Waals surface area (Å²) in [7, 11) is 1.53. The van der Waals surface area contributed by atoms with Gasteiger partial charge >= 0.3 is 0 Å². The molecule has 0 radical (unpaired) electrons. The van der Waals surface area contributed by atoms with E-state index < -0.39 is 0 Å². The third-order valence-electron chi connectivity index (χ3n) is 4.16. The standard InChI is InChI=1S/C22H22ClN3O3S2/c1-22(2,3)26-20(28)18-16(23)14-9-6-10-15(17(14)31-18)24-21(30)25-19(27)12-7-5-8-13(11-12)29-4/h5-11H,1-4H3,(H,26,28)(H2,24,25,27,30). The predicted molar refractivity (Wildman–Crippen MR) is 131 cm³/mol. The number of fused-ring (bicyclic) bond motifs is 1. The van der Waals surface area contributed by atoms with Crippen LogP contribution in [0.5, 0.6) is 5.75 Å². The minimum atomic E-state index is -0.385. The van der Waals surface area contributed by atoms with Gasteiger partial charge in [0.25, 0.3) is 11.8 Å². The maximum atomic E-state index is 12.6. The summed E-state index contributed by atoms with van der Waals surface area (Å²) < 4.78 is 5.91. The van der Waals surface area contributed by atoms with Crippen LogP contribution in [0.15, 0.2) is 42.5 Å². The van der Waals surface area contributed by atoms with Gasteiger partial charge in [-0.3, -0.25) is 14.9 Å². The fourth-order valence-corrected chi connectivity index (χ4v) is 4.50. The van der Waals surface area contributed by atoms with Crippen molar-refractivity contribution >= 4 is 67.9 Å². The molecule has 162 valence electrons. The molecule has 0 fully saturated rings. The van der Waals surface area contributed by atoms with Crippen LogP contribution < -0.4 is 20.7 Å². The minimum absolute atomic E-state index is 0.130. The molecule has 2 amide bonds. The number of ether oxygens (including phenoxy) is 1. The Labute approximate surface area is 194 Å². The second kappa shape index (κ2) is 9.21. The lowest BCUT2D eigenvalue weighted by Crippen LogP contribution is -2.40. The van der Waals surface area contributed by atoms with Crippen molar-refractivity contribution in [2.75, 3.05) is 12.4 Å². The van der Waals surface area contributed by atoms with Crippen LogP contribution in [-0.4, -0.2) is 29.6 Å². The molecular weight excluding hydrogens is 454 g/mol. The molecule has 2 aromatic carbocycles. The fraction of sp³-hybridized carbons (Fsp3) is 0.227. The van der Waals surface area contributed by atoms with Crippen LogP contribution in [0.3, 0.4) is 0 Å². The number of carbonyl (C=O) groups excluding carboxylic acids is 2. The van der Waals surface area contributed by atoms with Crippen LogP contribution in [0.25, 0.3) is 10.1 Å². The maximum Gasteiger partial charge on any atom is 0.263 e. The SMILES string of the molecule is COc1cccc(C(=O)NC(=S)Nc2cccc3c(Cl)c(C(=O)NC(C)(C)C)sc23)c1. The summed E-state index contributed by atoms with van der Waals surface area (Å²) in [4.78, 5) is 25.6. The topological polar surface area (TPSA) is 79.5 Å². The molecule has 0 saturated carbocycles. The zero-order valence-electron chi connectivity index (χ0n) is 17.5. The number of nitrogens with one attached hydrogen (secondary N) is 3. The summed E-state index contributed by atoms with van der Waals surface area (Å²) in [6.07, 6.45) is 0. The molecule has 9 heteroatoms. The fourth-order valence-electron chi connectivity index (χ4n) is 2.82. The van der Waals surface area contributed by atoms with Gasteiger partial charge in [-0.05, 0) is 57.3 Å². The molecule has 0 aliphatic heterocycles. The number of benzene rings is 2. The highest BCUT2D eigenvalue weighted by Gasteiger charge is 2.22. The Hall–Kier alpha value is -2.68. The second-order valence-electron chi connectivity index (χ2n) is 7.77. The van der Waals surface area contributed by atoms with Crippen LogP contribution in [0.2, 0.25) is 5.02 Å². The van der Waals surface area contributed by atoms with Crippen LogP contribution in [0.1, 0.15) is 40.8 Å². The van der Waals surface area contributed by atoms with E-state index in [0.717, 1.165) is 10.1 Å². The second-order valence-corrected chi connectivity index (χ2v) is 9.58. The number of methoxy groups -OCH3 is 1. The van der Waals surface area contributed by atoms with Gasteiger partial charge in [-0.15, -0.1) is 11.3 Å². The van der Waals surface area contributed by atoms with E-state index in [-0.39, 0.29) is 22.5 Å². The van der Waals surface area contributed by atoms with Gasteiger partial charge in [0.2, 0.25) is 0 Å². The predicted octanol–water partition coefficient (Wildman–Crippen LogP) is 5.22. The first kappa shape index (κ1) is 23.0. The number of carbonyl (C=O) groups is 2. The molecule has 0 atom stereocenters. The van der Waals surface area contributed by atoms with Crippen molar-refractivity contribution in [2.24, 2.45) is 0 Å². The number of amides is 2. The van der Waals surface area contributed by atoms with Crippen LogP contribution in [0, 0.1) is 0 Å². The van der Waals surface area contributed by atoms with E-state index >= 15 is 0 Å². The molecule has 0 aliphatic carbocycles. The Bertz CT molecular complexity index is 1170. The summed E-state index contributed by atoms with van der Waals surface area (Å²) in [5, 5.41) is 9.86. The van der Waals surface area contributed by atoms with Gasteiger partial charge in [0, 0.05) is 16.5 Å². The summed E-state index contributed by atoms with van der Waals surface area (Å²) in [5.41, 5.74) is 0.682.